The lowest BCUT2D eigenvalue weighted by Crippen LogP contribution is -2.46. The summed E-state index contributed by atoms with van der Waals surface area (Å²) < 4.78 is 5.02. The van der Waals surface area contributed by atoms with E-state index in [-0.39, 0.29) is 24.1 Å². The fraction of sp³-hybridized carbons (Fsp3) is 0.909. The van der Waals surface area contributed by atoms with Crippen LogP contribution in [0.15, 0.2) is 0 Å². The number of ether oxygens (including phenoxy) is 1. The first-order valence-electron chi connectivity index (χ1n) is 5.57. The van der Waals surface area contributed by atoms with Crippen LogP contribution in [0, 0.1) is 5.92 Å². The minimum atomic E-state index is -0.322. The van der Waals surface area contributed by atoms with E-state index >= 15 is 0 Å². The maximum Gasteiger partial charge on any atom is 0.313 e. The van der Waals surface area contributed by atoms with E-state index in [0.29, 0.717) is 6.42 Å². The third kappa shape index (κ3) is 2.71. The van der Waals surface area contributed by atoms with Crippen molar-refractivity contribution in [2.24, 2.45) is 5.92 Å². The number of esters is 1. The molecule has 1 heterocycles. The van der Waals surface area contributed by atoms with Gasteiger partial charge in [0.05, 0.1) is 12.0 Å². The predicted molar refractivity (Wildman–Crippen MR) is 53.8 cm³/mol. The number of aliphatic hydroxyl groups is 1. The van der Waals surface area contributed by atoms with Crippen molar-refractivity contribution in [2.45, 2.75) is 58.2 Å². The van der Waals surface area contributed by atoms with Crippen LogP contribution in [-0.2, 0) is 9.53 Å². The minimum Gasteiger partial charge on any atom is -0.461 e. The molecule has 0 amide bonds. The van der Waals surface area contributed by atoms with Crippen LogP contribution < -0.4 is 0 Å². The fourth-order valence-electron chi connectivity index (χ4n) is 1.77. The van der Waals surface area contributed by atoms with Crippen LogP contribution in [0.1, 0.15) is 46.0 Å². The Labute approximate surface area is 85.5 Å². The summed E-state index contributed by atoms with van der Waals surface area (Å²) in [5, 5.41) is 9.43. The summed E-state index contributed by atoms with van der Waals surface area (Å²) in [7, 11) is 0. The maximum absolute atomic E-state index is 11.1. The van der Waals surface area contributed by atoms with Gasteiger partial charge in [-0.2, -0.15) is 0 Å². The minimum absolute atomic E-state index is 0.0241. The number of hydrogen-bond donors (Lipinski definition) is 1. The molecule has 0 aromatic carbocycles. The van der Waals surface area contributed by atoms with Crippen molar-refractivity contribution in [3.8, 4) is 0 Å². The lowest BCUT2D eigenvalue weighted by atomic mass is 9.87. The predicted octanol–water partition coefficient (Wildman–Crippen LogP) is 1.88. The van der Waals surface area contributed by atoms with Gasteiger partial charge in [-0.25, -0.2) is 0 Å². The van der Waals surface area contributed by atoms with Crippen molar-refractivity contribution in [3.05, 3.63) is 0 Å². The molecule has 0 unspecified atom stereocenters. The van der Waals surface area contributed by atoms with Crippen LogP contribution in [0.3, 0.4) is 0 Å². The molecule has 1 N–H and O–H groups in total. The fourth-order valence-corrected chi connectivity index (χ4v) is 1.77. The average molecular weight is 200 g/mol. The smallest absolute Gasteiger partial charge is 0.313 e. The van der Waals surface area contributed by atoms with Crippen molar-refractivity contribution >= 4 is 5.97 Å². The molecular formula is C11H20O3. The highest BCUT2D eigenvalue weighted by atomic mass is 16.6. The quantitative estimate of drug-likeness (QED) is 0.666. The Morgan fingerprint density at radius 3 is 2.71 bits per heavy atom. The van der Waals surface area contributed by atoms with Crippen LogP contribution in [0.4, 0.5) is 0 Å². The number of hydrogen-bond acceptors (Lipinski definition) is 3. The zero-order chi connectivity index (χ0) is 10.6. The molecule has 0 aromatic heterocycles. The van der Waals surface area contributed by atoms with Crippen molar-refractivity contribution in [1.29, 1.82) is 0 Å². The van der Waals surface area contributed by atoms with Crippen LogP contribution in [0.5, 0.6) is 0 Å². The van der Waals surface area contributed by atoms with Crippen molar-refractivity contribution in [1.82, 2.24) is 0 Å². The van der Waals surface area contributed by atoms with Crippen LogP contribution >= 0.6 is 0 Å². The molecule has 14 heavy (non-hydrogen) atoms. The normalized spacial score (nSPS) is 28.1. The van der Waals surface area contributed by atoms with E-state index < -0.39 is 0 Å². The summed E-state index contributed by atoms with van der Waals surface area (Å²) in [4.78, 5) is 11.1. The number of rotatable bonds is 6. The SMILES string of the molecule is CCCC[C@@H]1C(=O)O[C@H]1C[C@H](O)CC. The molecule has 3 heteroatoms. The summed E-state index contributed by atoms with van der Waals surface area (Å²) >= 11 is 0. The standard InChI is InChI=1S/C11H20O3/c1-3-5-6-9-10(14-11(9)13)7-8(12)4-2/h8-10,12H,3-7H2,1-2H3/t8-,9+,10+/m1/s1. The second-order valence-corrected chi connectivity index (χ2v) is 4.02. The van der Waals surface area contributed by atoms with Crippen molar-refractivity contribution in [3.63, 3.8) is 0 Å². The van der Waals surface area contributed by atoms with Crippen LogP contribution in [0.2, 0.25) is 0 Å². The van der Waals surface area contributed by atoms with E-state index in [1.807, 2.05) is 6.92 Å². The van der Waals surface area contributed by atoms with Gasteiger partial charge in [-0.1, -0.05) is 26.7 Å². The summed E-state index contributed by atoms with van der Waals surface area (Å²) in [5.41, 5.74) is 0. The Balaban J connectivity index is 2.29. The van der Waals surface area contributed by atoms with Gasteiger partial charge in [-0.15, -0.1) is 0 Å². The highest BCUT2D eigenvalue weighted by molar-refractivity contribution is 5.78. The highest BCUT2D eigenvalue weighted by Crippen LogP contribution is 2.30. The Kier molecular flexibility index (Phi) is 4.39. The average Bonchev–Trinajstić information content (AvgIpc) is 2.17. The molecule has 0 aromatic rings. The topological polar surface area (TPSA) is 46.5 Å². The van der Waals surface area contributed by atoms with Crippen molar-refractivity contribution < 1.29 is 14.6 Å². The van der Waals surface area contributed by atoms with E-state index in [0.717, 1.165) is 25.7 Å². The number of carbonyl (C=O) groups is 1. The Bertz CT molecular complexity index is 191. The van der Waals surface area contributed by atoms with Gasteiger partial charge in [-0.05, 0) is 12.8 Å². The van der Waals surface area contributed by atoms with Gasteiger partial charge >= 0.3 is 5.97 Å². The second kappa shape index (κ2) is 5.35. The third-order valence-corrected chi connectivity index (χ3v) is 2.86. The molecule has 82 valence electrons. The van der Waals surface area contributed by atoms with E-state index in [9.17, 15) is 9.90 Å². The van der Waals surface area contributed by atoms with Crippen LogP contribution in [0.25, 0.3) is 0 Å². The van der Waals surface area contributed by atoms with Gasteiger partial charge in [0.15, 0.2) is 0 Å². The first kappa shape index (κ1) is 11.5. The molecule has 1 fully saturated rings. The lowest BCUT2D eigenvalue weighted by Gasteiger charge is -2.36. The van der Waals surface area contributed by atoms with Gasteiger partial charge in [0.2, 0.25) is 0 Å². The van der Waals surface area contributed by atoms with Gasteiger partial charge < -0.3 is 9.84 Å². The highest BCUT2D eigenvalue weighted by Gasteiger charge is 2.42. The number of cyclic esters (lactones) is 1. The first-order chi connectivity index (χ1) is 6.69. The Morgan fingerprint density at radius 2 is 2.21 bits per heavy atom. The van der Waals surface area contributed by atoms with Gasteiger partial charge in [0.1, 0.15) is 6.10 Å². The number of unbranched alkanes of at least 4 members (excludes halogenated alkanes) is 1. The maximum atomic E-state index is 11.1. The molecule has 3 atom stereocenters. The molecule has 0 bridgehead atoms. The number of carbonyl (C=O) groups excluding carboxylic acids is 1. The molecule has 1 saturated heterocycles. The summed E-state index contributed by atoms with van der Waals surface area (Å²) in [6, 6.07) is 0. The van der Waals surface area contributed by atoms with Crippen LogP contribution in [-0.4, -0.2) is 23.3 Å². The molecule has 0 spiro atoms. The molecule has 0 aliphatic carbocycles. The van der Waals surface area contributed by atoms with Gasteiger partial charge in [0.25, 0.3) is 0 Å². The van der Waals surface area contributed by atoms with Crippen molar-refractivity contribution in [2.75, 3.05) is 0 Å². The van der Waals surface area contributed by atoms with E-state index in [1.54, 1.807) is 0 Å². The summed E-state index contributed by atoms with van der Waals surface area (Å²) in [5.74, 6) is -0.0251. The molecular weight excluding hydrogens is 180 g/mol. The molecule has 1 aliphatic heterocycles. The zero-order valence-corrected chi connectivity index (χ0v) is 9.03. The van der Waals surface area contributed by atoms with Gasteiger partial charge in [0, 0.05) is 6.42 Å². The molecule has 1 aliphatic rings. The van der Waals surface area contributed by atoms with E-state index in [1.165, 1.54) is 0 Å². The Morgan fingerprint density at radius 1 is 1.50 bits per heavy atom. The second-order valence-electron chi connectivity index (χ2n) is 4.02. The largest absolute Gasteiger partial charge is 0.461 e. The first-order valence-corrected chi connectivity index (χ1v) is 5.57. The molecule has 0 saturated carbocycles. The summed E-state index contributed by atoms with van der Waals surface area (Å²) in [6.45, 7) is 4.05. The zero-order valence-electron chi connectivity index (χ0n) is 9.03. The van der Waals surface area contributed by atoms with E-state index in [4.69, 9.17) is 4.74 Å². The molecule has 3 nitrogen and oxygen atoms in total. The third-order valence-electron chi connectivity index (χ3n) is 2.86. The van der Waals surface area contributed by atoms with E-state index in [2.05, 4.69) is 6.92 Å². The summed E-state index contributed by atoms with van der Waals surface area (Å²) in [6.07, 6.45) is 4.08. The monoisotopic (exact) mass is 200 g/mol. The lowest BCUT2D eigenvalue weighted by molar-refractivity contribution is -0.188. The van der Waals surface area contributed by atoms with Gasteiger partial charge in [-0.3, -0.25) is 4.79 Å². The molecule has 0 radical (unpaired) electrons. The molecule has 1 rings (SSSR count). The number of aliphatic hydroxyl groups excluding tert-OH is 1. The Hall–Kier alpha value is -0.570.